The highest BCUT2D eigenvalue weighted by molar-refractivity contribution is 7.92. The zero-order valence-corrected chi connectivity index (χ0v) is 13.7. The first kappa shape index (κ1) is 17.7. The van der Waals surface area contributed by atoms with Crippen LogP contribution < -0.4 is 4.72 Å². The van der Waals surface area contributed by atoms with Crippen molar-refractivity contribution >= 4 is 21.6 Å². The topological polar surface area (TPSA) is 66.5 Å². The molecule has 2 rings (SSSR count). The molecule has 1 amide bonds. The molecule has 0 aromatic heterocycles. The Morgan fingerprint density at radius 2 is 1.91 bits per heavy atom. The summed E-state index contributed by atoms with van der Waals surface area (Å²) in [6.07, 6.45) is 2.91. The lowest BCUT2D eigenvalue weighted by atomic mass is 10.1. The highest BCUT2D eigenvalue weighted by atomic mass is 32.2. The first-order chi connectivity index (χ1) is 10.8. The summed E-state index contributed by atoms with van der Waals surface area (Å²) < 4.78 is 52.6. The number of amides is 1. The summed E-state index contributed by atoms with van der Waals surface area (Å²) in [5, 5.41) is 0. The molecule has 1 unspecified atom stereocenters. The van der Waals surface area contributed by atoms with Gasteiger partial charge in [0.15, 0.2) is 0 Å². The van der Waals surface area contributed by atoms with Crippen molar-refractivity contribution in [3.05, 3.63) is 29.8 Å². The number of halogens is 2. The van der Waals surface area contributed by atoms with Crippen LogP contribution in [-0.4, -0.2) is 38.1 Å². The zero-order chi connectivity index (χ0) is 17.0. The SMILES string of the molecule is CC(CS(=O)(=O)Nc1ccc(F)cc1F)C(=O)N1CCCCC1. The van der Waals surface area contributed by atoms with Gasteiger partial charge in [-0.15, -0.1) is 0 Å². The summed E-state index contributed by atoms with van der Waals surface area (Å²) >= 11 is 0. The number of hydrogen-bond donors (Lipinski definition) is 1. The molecule has 1 aliphatic rings. The standard InChI is InChI=1S/C15H20F2N2O3S/c1-11(15(20)19-7-3-2-4-8-19)10-23(21,22)18-14-6-5-12(16)9-13(14)17/h5-6,9,11,18H,2-4,7-8,10H2,1H3. The molecule has 0 radical (unpaired) electrons. The number of benzene rings is 1. The van der Waals surface area contributed by atoms with E-state index in [1.165, 1.54) is 6.92 Å². The summed E-state index contributed by atoms with van der Waals surface area (Å²) in [5.41, 5.74) is -0.330. The molecule has 5 nitrogen and oxygen atoms in total. The van der Waals surface area contributed by atoms with E-state index in [1.54, 1.807) is 4.90 Å². The average Bonchev–Trinajstić information content (AvgIpc) is 2.49. The number of nitrogens with zero attached hydrogens (tertiary/aromatic N) is 1. The van der Waals surface area contributed by atoms with Gasteiger partial charge in [-0.3, -0.25) is 9.52 Å². The number of piperidine rings is 1. The quantitative estimate of drug-likeness (QED) is 0.890. The minimum atomic E-state index is -3.91. The second-order valence-electron chi connectivity index (χ2n) is 5.79. The summed E-state index contributed by atoms with van der Waals surface area (Å²) in [7, 11) is -3.91. The Morgan fingerprint density at radius 3 is 2.52 bits per heavy atom. The van der Waals surface area contributed by atoms with Crippen molar-refractivity contribution in [2.75, 3.05) is 23.6 Å². The smallest absolute Gasteiger partial charge is 0.233 e. The van der Waals surface area contributed by atoms with E-state index >= 15 is 0 Å². The van der Waals surface area contributed by atoms with Crippen LogP contribution in [0.4, 0.5) is 14.5 Å². The van der Waals surface area contributed by atoms with Crippen molar-refractivity contribution in [2.24, 2.45) is 5.92 Å². The van der Waals surface area contributed by atoms with Crippen molar-refractivity contribution in [3.8, 4) is 0 Å². The number of hydrogen-bond acceptors (Lipinski definition) is 3. The van der Waals surface area contributed by atoms with Crippen molar-refractivity contribution in [3.63, 3.8) is 0 Å². The first-order valence-electron chi connectivity index (χ1n) is 7.53. The van der Waals surface area contributed by atoms with Crippen molar-refractivity contribution in [1.29, 1.82) is 0 Å². The van der Waals surface area contributed by atoms with Crippen LogP contribution in [0.3, 0.4) is 0 Å². The van der Waals surface area contributed by atoms with Crippen LogP contribution in [0, 0.1) is 17.6 Å². The molecule has 1 saturated heterocycles. The molecule has 1 aliphatic heterocycles. The van der Waals surface area contributed by atoms with Crippen LogP contribution in [-0.2, 0) is 14.8 Å². The molecule has 1 fully saturated rings. The number of carbonyl (C=O) groups is 1. The van der Waals surface area contributed by atoms with Gasteiger partial charge in [-0.25, -0.2) is 17.2 Å². The van der Waals surface area contributed by atoms with E-state index in [4.69, 9.17) is 0 Å². The molecule has 1 aromatic rings. The number of rotatable bonds is 5. The molecular formula is C15H20F2N2O3S. The van der Waals surface area contributed by atoms with Gasteiger partial charge in [-0.1, -0.05) is 6.92 Å². The van der Waals surface area contributed by atoms with Crippen molar-refractivity contribution in [2.45, 2.75) is 26.2 Å². The van der Waals surface area contributed by atoms with Crippen molar-refractivity contribution < 1.29 is 22.0 Å². The predicted molar refractivity (Wildman–Crippen MR) is 83.4 cm³/mol. The van der Waals surface area contributed by atoms with E-state index in [9.17, 15) is 22.0 Å². The monoisotopic (exact) mass is 346 g/mol. The van der Waals surface area contributed by atoms with Crippen LogP contribution in [0.2, 0.25) is 0 Å². The molecule has 8 heteroatoms. The molecule has 23 heavy (non-hydrogen) atoms. The Balaban J connectivity index is 2.00. The molecule has 0 saturated carbocycles. The number of anilines is 1. The largest absolute Gasteiger partial charge is 0.342 e. The minimum absolute atomic E-state index is 0.213. The fourth-order valence-electron chi connectivity index (χ4n) is 2.61. The Bertz CT molecular complexity index is 673. The number of likely N-dealkylation sites (tertiary alicyclic amines) is 1. The van der Waals surface area contributed by atoms with Gasteiger partial charge >= 0.3 is 0 Å². The number of nitrogens with one attached hydrogen (secondary N) is 1. The van der Waals surface area contributed by atoms with Gasteiger partial charge in [0.1, 0.15) is 11.6 Å². The summed E-state index contributed by atoms with van der Waals surface area (Å²) in [6.45, 7) is 2.82. The second kappa shape index (κ2) is 7.25. The van der Waals surface area contributed by atoms with Gasteiger partial charge in [-0.2, -0.15) is 0 Å². The van der Waals surface area contributed by atoms with Crippen LogP contribution in [0.5, 0.6) is 0 Å². The van der Waals surface area contributed by atoms with E-state index in [-0.39, 0.29) is 11.6 Å². The third kappa shape index (κ3) is 4.89. The summed E-state index contributed by atoms with van der Waals surface area (Å²) in [5.74, 6) is -3.18. The van der Waals surface area contributed by atoms with E-state index in [1.807, 2.05) is 0 Å². The maximum Gasteiger partial charge on any atom is 0.233 e. The first-order valence-corrected chi connectivity index (χ1v) is 9.18. The Labute approximate surface area is 134 Å². The van der Waals surface area contributed by atoms with Gasteiger partial charge in [0.2, 0.25) is 15.9 Å². The fraction of sp³-hybridized carbons (Fsp3) is 0.533. The Kier molecular flexibility index (Phi) is 5.56. The second-order valence-corrected chi connectivity index (χ2v) is 7.56. The maximum atomic E-state index is 13.5. The van der Waals surface area contributed by atoms with E-state index < -0.39 is 33.3 Å². The normalized spacial score (nSPS) is 16.9. The third-order valence-electron chi connectivity index (χ3n) is 3.76. The van der Waals surface area contributed by atoms with E-state index in [0.717, 1.165) is 31.4 Å². The third-order valence-corrected chi connectivity index (χ3v) is 5.23. The highest BCUT2D eigenvalue weighted by Crippen LogP contribution is 2.18. The lowest BCUT2D eigenvalue weighted by Gasteiger charge is -2.29. The van der Waals surface area contributed by atoms with Crippen LogP contribution in [0.1, 0.15) is 26.2 Å². The van der Waals surface area contributed by atoms with Crippen molar-refractivity contribution in [1.82, 2.24) is 4.90 Å². The molecule has 1 N–H and O–H groups in total. The molecule has 128 valence electrons. The zero-order valence-electron chi connectivity index (χ0n) is 12.9. The van der Waals surface area contributed by atoms with Gasteiger partial charge in [0.25, 0.3) is 0 Å². The van der Waals surface area contributed by atoms with Gasteiger partial charge in [0, 0.05) is 19.2 Å². The minimum Gasteiger partial charge on any atom is -0.342 e. The lowest BCUT2D eigenvalue weighted by Crippen LogP contribution is -2.41. The number of sulfonamides is 1. The average molecular weight is 346 g/mol. The molecule has 0 aliphatic carbocycles. The predicted octanol–water partition coefficient (Wildman–Crippen LogP) is 2.36. The van der Waals surface area contributed by atoms with Gasteiger partial charge in [0.05, 0.1) is 17.4 Å². The summed E-state index contributed by atoms with van der Waals surface area (Å²) in [4.78, 5) is 13.9. The van der Waals surface area contributed by atoms with E-state index in [2.05, 4.69) is 4.72 Å². The summed E-state index contributed by atoms with van der Waals surface area (Å²) in [6, 6.07) is 2.57. The van der Waals surface area contributed by atoms with Crippen LogP contribution in [0.25, 0.3) is 0 Å². The lowest BCUT2D eigenvalue weighted by molar-refractivity contribution is -0.135. The highest BCUT2D eigenvalue weighted by Gasteiger charge is 2.27. The number of carbonyl (C=O) groups excluding carboxylic acids is 1. The van der Waals surface area contributed by atoms with Gasteiger partial charge < -0.3 is 4.90 Å². The molecular weight excluding hydrogens is 326 g/mol. The van der Waals surface area contributed by atoms with Crippen LogP contribution >= 0.6 is 0 Å². The Morgan fingerprint density at radius 1 is 1.26 bits per heavy atom. The molecule has 1 atom stereocenters. The fourth-order valence-corrected chi connectivity index (χ4v) is 3.99. The molecule has 0 spiro atoms. The maximum absolute atomic E-state index is 13.5. The van der Waals surface area contributed by atoms with Gasteiger partial charge in [-0.05, 0) is 31.4 Å². The van der Waals surface area contributed by atoms with Crippen LogP contribution in [0.15, 0.2) is 18.2 Å². The Hall–Kier alpha value is -1.70. The molecule has 1 aromatic carbocycles. The van der Waals surface area contributed by atoms with E-state index in [0.29, 0.717) is 19.2 Å². The molecule has 1 heterocycles. The molecule has 0 bridgehead atoms.